The molecule has 0 spiro atoms. The minimum absolute atomic E-state index is 0.0338. The van der Waals surface area contributed by atoms with Gasteiger partial charge in [-0.25, -0.2) is 4.39 Å². The summed E-state index contributed by atoms with van der Waals surface area (Å²) >= 11 is 0. The molecule has 0 bridgehead atoms. The highest BCUT2D eigenvalue weighted by Crippen LogP contribution is 2.33. The fourth-order valence-corrected chi connectivity index (χ4v) is 3.44. The standard InChI is InChI=1S/C24H27FN2O5/c1-3-5-19(29)21-23(26-18-9-8-16(25)14-15(18)2)17-6-4-7-20(22(17)27-24(21)30)32-13-12-31-11-10-28/h4,6-9,14,28H,3,5,10-13H2,1-2H3,(H2,26,27,30). The van der Waals surface area contributed by atoms with Crippen molar-refractivity contribution in [1.29, 1.82) is 0 Å². The van der Waals surface area contributed by atoms with Gasteiger partial charge in [-0.15, -0.1) is 0 Å². The molecule has 32 heavy (non-hydrogen) atoms. The van der Waals surface area contributed by atoms with Crippen LogP contribution in [0.25, 0.3) is 10.9 Å². The van der Waals surface area contributed by atoms with Gasteiger partial charge in [0.05, 0.1) is 31.0 Å². The molecule has 3 N–H and O–H groups in total. The Labute approximate surface area is 185 Å². The number of aliphatic hydroxyl groups is 1. The number of nitrogens with one attached hydrogen (secondary N) is 2. The first kappa shape index (κ1) is 23.4. The van der Waals surface area contributed by atoms with Crippen LogP contribution in [0.4, 0.5) is 15.8 Å². The predicted molar refractivity (Wildman–Crippen MR) is 122 cm³/mol. The number of aryl methyl sites for hydroxylation is 1. The van der Waals surface area contributed by atoms with E-state index in [1.165, 1.54) is 12.1 Å². The maximum Gasteiger partial charge on any atom is 0.261 e. The molecule has 3 rings (SSSR count). The summed E-state index contributed by atoms with van der Waals surface area (Å²) in [6.07, 6.45) is 0.826. The molecular weight excluding hydrogens is 415 g/mol. The van der Waals surface area contributed by atoms with Crippen molar-refractivity contribution in [2.24, 2.45) is 0 Å². The number of aromatic nitrogens is 1. The molecule has 8 heteroatoms. The van der Waals surface area contributed by atoms with Crippen LogP contribution in [-0.2, 0) is 4.74 Å². The van der Waals surface area contributed by atoms with E-state index in [1.54, 1.807) is 31.2 Å². The average molecular weight is 442 g/mol. The number of carbonyl (C=O) groups is 1. The maximum atomic E-state index is 13.6. The Hall–Kier alpha value is -3.23. The molecule has 0 saturated heterocycles. The second-order valence-electron chi connectivity index (χ2n) is 7.32. The number of benzene rings is 2. The molecule has 2 aromatic carbocycles. The molecule has 0 fully saturated rings. The van der Waals surface area contributed by atoms with Gasteiger partial charge in [0.2, 0.25) is 0 Å². The van der Waals surface area contributed by atoms with E-state index in [1.807, 2.05) is 6.92 Å². The zero-order valence-corrected chi connectivity index (χ0v) is 18.2. The lowest BCUT2D eigenvalue weighted by Gasteiger charge is -2.17. The lowest BCUT2D eigenvalue weighted by Crippen LogP contribution is -2.21. The Balaban J connectivity index is 2.10. The molecule has 1 aromatic heterocycles. The number of ketones is 1. The number of pyridine rings is 1. The van der Waals surface area contributed by atoms with Crippen LogP contribution in [0.1, 0.15) is 35.7 Å². The van der Waals surface area contributed by atoms with Gasteiger partial charge in [0, 0.05) is 17.5 Å². The van der Waals surface area contributed by atoms with Gasteiger partial charge >= 0.3 is 0 Å². The average Bonchev–Trinajstić information content (AvgIpc) is 2.75. The Morgan fingerprint density at radius 3 is 2.72 bits per heavy atom. The topological polar surface area (TPSA) is 101 Å². The van der Waals surface area contributed by atoms with Gasteiger partial charge in [0.25, 0.3) is 5.56 Å². The van der Waals surface area contributed by atoms with Gasteiger partial charge in [0.1, 0.15) is 23.7 Å². The van der Waals surface area contributed by atoms with Crippen molar-refractivity contribution in [1.82, 2.24) is 4.98 Å². The molecule has 0 amide bonds. The highest BCUT2D eigenvalue weighted by atomic mass is 19.1. The molecule has 0 saturated carbocycles. The van der Waals surface area contributed by atoms with Crippen LogP contribution in [0, 0.1) is 12.7 Å². The van der Waals surface area contributed by atoms with E-state index in [-0.39, 0.29) is 50.0 Å². The van der Waals surface area contributed by atoms with Crippen LogP contribution < -0.4 is 15.6 Å². The summed E-state index contributed by atoms with van der Waals surface area (Å²) < 4.78 is 24.6. The zero-order chi connectivity index (χ0) is 23.1. The first-order valence-electron chi connectivity index (χ1n) is 10.5. The zero-order valence-electron chi connectivity index (χ0n) is 18.2. The molecule has 0 aliphatic heterocycles. The fraction of sp³-hybridized carbons (Fsp3) is 0.333. The summed E-state index contributed by atoms with van der Waals surface area (Å²) in [5.74, 6) is -0.215. The van der Waals surface area contributed by atoms with Gasteiger partial charge in [-0.2, -0.15) is 0 Å². The molecule has 3 aromatic rings. The summed E-state index contributed by atoms with van der Waals surface area (Å²) in [5, 5.41) is 12.6. The molecular formula is C24H27FN2O5. The monoisotopic (exact) mass is 442 g/mol. The number of anilines is 2. The first-order chi connectivity index (χ1) is 15.5. The van der Waals surface area contributed by atoms with Crippen molar-refractivity contribution >= 4 is 28.1 Å². The van der Waals surface area contributed by atoms with Crippen molar-refractivity contribution < 1.29 is 23.8 Å². The lowest BCUT2D eigenvalue weighted by atomic mass is 10.0. The van der Waals surface area contributed by atoms with Gasteiger partial charge in [-0.05, 0) is 43.2 Å². The number of fused-ring (bicyclic) bond motifs is 1. The van der Waals surface area contributed by atoms with Gasteiger partial charge in [-0.1, -0.05) is 19.1 Å². The SMILES string of the molecule is CCCC(=O)c1c(Nc2ccc(F)cc2C)c2cccc(OCCOCCO)c2[nH]c1=O. The van der Waals surface area contributed by atoms with Gasteiger partial charge in [0.15, 0.2) is 5.78 Å². The van der Waals surface area contributed by atoms with Crippen molar-refractivity contribution in [3.8, 4) is 5.75 Å². The number of ether oxygens (including phenoxy) is 2. The Kier molecular flexibility index (Phi) is 7.97. The summed E-state index contributed by atoms with van der Waals surface area (Å²) in [7, 11) is 0. The predicted octanol–water partition coefficient (Wildman–Crippen LogP) is 4.09. The van der Waals surface area contributed by atoms with Crippen molar-refractivity contribution in [3.63, 3.8) is 0 Å². The molecule has 0 aliphatic carbocycles. The van der Waals surface area contributed by atoms with Gasteiger partial charge in [-0.3, -0.25) is 9.59 Å². The lowest BCUT2D eigenvalue weighted by molar-refractivity contribution is 0.0708. The van der Waals surface area contributed by atoms with E-state index in [4.69, 9.17) is 14.6 Å². The molecule has 170 valence electrons. The molecule has 1 heterocycles. The molecule has 0 aliphatic rings. The first-order valence-corrected chi connectivity index (χ1v) is 10.5. The number of hydrogen-bond donors (Lipinski definition) is 3. The number of H-pyrrole nitrogens is 1. The van der Waals surface area contributed by atoms with E-state index in [0.29, 0.717) is 40.0 Å². The van der Waals surface area contributed by atoms with Crippen molar-refractivity contribution in [2.45, 2.75) is 26.7 Å². The summed E-state index contributed by atoms with van der Waals surface area (Å²) in [6.45, 7) is 4.24. The van der Waals surface area contributed by atoms with E-state index in [0.717, 1.165) is 0 Å². The highest BCUT2D eigenvalue weighted by molar-refractivity contribution is 6.09. The van der Waals surface area contributed by atoms with E-state index in [2.05, 4.69) is 10.3 Å². The Morgan fingerprint density at radius 2 is 2.00 bits per heavy atom. The highest BCUT2D eigenvalue weighted by Gasteiger charge is 2.21. The van der Waals surface area contributed by atoms with Gasteiger partial charge < -0.3 is 24.9 Å². The number of carbonyl (C=O) groups excluding carboxylic acids is 1. The van der Waals surface area contributed by atoms with Crippen molar-refractivity contribution in [2.75, 3.05) is 31.7 Å². The minimum atomic E-state index is -0.522. The quantitative estimate of drug-likeness (QED) is 0.306. The third-order valence-electron chi connectivity index (χ3n) is 4.94. The molecule has 0 radical (unpaired) electrons. The van der Waals surface area contributed by atoms with Crippen LogP contribution in [0.15, 0.2) is 41.2 Å². The fourth-order valence-electron chi connectivity index (χ4n) is 3.44. The number of Topliss-reactive ketones (excluding diaryl/α,β-unsaturated/α-hetero) is 1. The van der Waals surface area contributed by atoms with Crippen LogP contribution >= 0.6 is 0 Å². The number of para-hydroxylation sites is 1. The Bertz CT molecular complexity index is 1160. The van der Waals surface area contributed by atoms with Crippen LogP contribution in [0.3, 0.4) is 0 Å². The summed E-state index contributed by atoms with van der Waals surface area (Å²) in [4.78, 5) is 28.6. The number of halogens is 1. The Morgan fingerprint density at radius 1 is 1.19 bits per heavy atom. The molecule has 0 atom stereocenters. The summed E-state index contributed by atoms with van der Waals surface area (Å²) in [6, 6.07) is 9.53. The normalized spacial score (nSPS) is 11.0. The number of aromatic amines is 1. The summed E-state index contributed by atoms with van der Waals surface area (Å²) in [5.41, 5.74) is 1.54. The maximum absolute atomic E-state index is 13.6. The van der Waals surface area contributed by atoms with Crippen molar-refractivity contribution in [3.05, 3.63) is 63.7 Å². The van der Waals surface area contributed by atoms with E-state index < -0.39 is 5.56 Å². The van der Waals surface area contributed by atoms with E-state index in [9.17, 15) is 14.0 Å². The third kappa shape index (κ3) is 5.33. The number of hydrogen-bond acceptors (Lipinski definition) is 6. The number of aliphatic hydroxyl groups excluding tert-OH is 1. The third-order valence-corrected chi connectivity index (χ3v) is 4.94. The molecule has 0 unspecified atom stereocenters. The minimum Gasteiger partial charge on any atom is -0.489 e. The second-order valence-corrected chi connectivity index (χ2v) is 7.32. The smallest absolute Gasteiger partial charge is 0.261 e. The largest absolute Gasteiger partial charge is 0.489 e. The molecule has 7 nitrogen and oxygen atoms in total. The number of rotatable bonds is 11. The van der Waals surface area contributed by atoms with Crippen LogP contribution in [0.2, 0.25) is 0 Å². The second kappa shape index (κ2) is 10.9. The van der Waals surface area contributed by atoms with E-state index >= 15 is 0 Å². The van der Waals surface area contributed by atoms with Crippen LogP contribution in [-0.4, -0.2) is 42.3 Å². The van der Waals surface area contributed by atoms with Crippen LogP contribution in [0.5, 0.6) is 5.75 Å².